The number of aromatic nitrogens is 4. The maximum Gasteiger partial charge on any atom is 0.180 e. The summed E-state index contributed by atoms with van der Waals surface area (Å²) in [5.41, 5.74) is 0. The molecular formula is C13H19N5OS2. The van der Waals surface area contributed by atoms with Crippen molar-refractivity contribution < 1.29 is 4.74 Å². The third kappa shape index (κ3) is 5.22. The van der Waals surface area contributed by atoms with Crippen molar-refractivity contribution in [3.63, 3.8) is 0 Å². The Kier molecular flexibility index (Phi) is 6.34. The summed E-state index contributed by atoms with van der Waals surface area (Å²) in [6.07, 6.45) is 1.04. The van der Waals surface area contributed by atoms with Gasteiger partial charge >= 0.3 is 0 Å². The van der Waals surface area contributed by atoms with Gasteiger partial charge in [0.1, 0.15) is 22.5 Å². The monoisotopic (exact) mass is 325 g/mol. The summed E-state index contributed by atoms with van der Waals surface area (Å²) in [4.78, 5) is 8.97. The van der Waals surface area contributed by atoms with Crippen LogP contribution in [0.25, 0.3) is 0 Å². The van der Waals surface area contributed by atoms with Gasteiger partial charge in [-0.25, -0.2) is 9.97 Å². The fraction of sp³-hybridized carbons (Fsp3) is 0.538. The molecule has 2 rings (SSSR count). The quantitative estimate of drug-likeness (QED) is 0.747. The van der Waals surface area contributed by atoms with Crippen molar-refractivity contribution in [2.75, 3.05) is 18.5 Å². The first-order chi connectivity index (χ1) is 10.2. The smallest absolute Gasteiger partial charge is 0.180 e. The van der Waals surface area contributed by atoms with E-state index in [1.807, 2.05) is 19.9 Å². The largest absolute Gasteiger partial charge is 0.374 e. The molecule has 0 unspecified atom stereocenters. The number of nitrogens with one attached hydrogen (secondary N) is 1. The van der Waals surface area contributed by atoms with Crippen molar-refractivity contribution in [3.05, 3.63) is 16.9 Å². The molecule has 2 aromatic heterocycles. The highest BCUT2D eigenvalue weighted by Crippen LogP contribution is 2.29. The molecule has 0 fully saturated rings. The normalized spacial score (nSPS) is 10.8. The van der Waals surface area contributed by atoms with Crippen molar-refractivity contribution in [3.8, 4) is 0 Å². The van der Waals surface area contributed by atoms with Crippen LogP contribution in [0.4, 0.5) is 5.82 Å². The Hall–Kier alpha value is -1.25. The zero-order valence-corrected chi connectivity index (χ0v) is 14.1. The average molecular weight is 325 g/mol. The number of ether oxygens (including phenoxy) is 1. The van der Waals surface area contributed by atoms with Gasteiger partial charge in [0, 0.05) is 19.2 Å². The van der Waals surface area contributed by atoms with Crippen LogP contribution in [0.1, 0.15) is 31.1 Å². The van der Waals surface area contributed by atoms with E-state index in [1.54, 1.807) is 11.3 Å². The Balaban J connectivity index is 2.16. The highest BCUT2D eigenvalue weighted by Gasteiger charge is 2.09. The molecule has 0 spiro atoms. The van der Waals surface area contributed by atoms with E-state index in [-0.39, 0.29) is 0 Å². The molecule has 0 atom stereocenters. The Labute approximate surface area is 132 Å². The van der Waals surface area contributed by atoms with E-state index in [4.69, 9.17) is 4.74 Å². The maximum absolute atomic E-state index is 5.40. The fourth-order valence-corrected chi connectivity index (χ4v) is 3.32. The summed E-state index contributed by atoms with van der Waals surface area (Å²) in [5.74, 6) is 1.51. The summed E-state index contributed by atoms with van der Waals surface area (Å²) < 4.78 is 6.29. The molecule has 6 nitrogen and oxygen atoms in total. The molecule has 114 valence electrons. The number of hydrogen-bond donors (Lipinski definition) is 1. The minimum atomic E-state index is 0.418. The highest BCUT2D eigenvalue weighted by atomic mass is 32.2. The fourth-order valence-electron chi connectivity index (χ4n) is 1.54. The van der Waals surface area contributed by atoms with E-state index >= 15 is 0 Å². The Morgan fingerprint density at radius 3 is 2.81 bits per heavy atom. The van der Waals surface area contributed by atoms with Gasteiger partial charge in [-0.15, -0.1) is 10.2 Å². The van der Waals surface area contributed by atoms with Crippen LogP contribution in [0.3, 0.4) is 0 Å². The molecule has 8 heteroatoms. The zero-order valence-electron chi connectivity index (χ0n) is 12.4. The molecule has 0 bridgehead atoms. The van der Waals surface area contributed by atoms with Crippen LogP contribution < -0.4 is 5.32 Å². The van der Waals surface area contributed by atoms with E-state index in [2.05, 4.69) is 32.4 Å². The van der Waals surface area contributed by atoms with Crippen LogP contribution in [0.15, 0.2) is 15.4 Å². The first-order valence-corrected chi connectivity index (χ1v) is 8.52. The Morgan fingerprint density at radius 1 is 1.29 bits per heavy atom. The van der Waals surface area contributed by atoms with E-state index in [0.717, 1.165) is 33.2 Å². The van der Waals surface area contributed by atoms with Crippen LogP contribution in [0.5, 0.6) is 0 Å². The molecule has 0 amide bonds. The minimum Gasteiger partial charge on any atom is -0.374 e. The molecule has 0 aliphatic carbocycles. The second kappa shape index (κ2) is 8.26. The van der Waals surface area contributed by atoms with E-state index < -0.39 is 0 Å². The van der Waals surface area contributed by atoms with Crippen LogP contribution in [-0.4, -0.2) is 33.3 Å². The SMILES string of the molecule is CCCNc1cc(Sc2nnc(C)s2)nc(COCC)n1. The van der Waals surface area contributed by atoms with Crippen LogP contribution in [0.2, 0.25) is 0 Å². The molecule has 2 aromatic rings. The van der Waals surface area contributed by atoms with Gasteiger partial charge in [0.15, 0.2) is 10.2 Å². The van der Waals surface area contributed by atoms with Crippen LogP contribution in [0, 0.1) is 6.92 Å². The van der Waals surface area contributed by atoms with Gasteiger partial charge in [-0.2, -0.15) is 0 Å². The predicted molar refractivity (Wildman–Crippen MR) is 84.9 cm³/mol. The average Bonchev–Trinajstić information content (AvgIpc) is 2.88. The molecule has 2 heterocycles. The Bertz CT molecular complexity index is 549. The van der Waals surface area contributed by atoms with Gasteiger partial charge in [0.2, 0.25) is 0 Å². The number of aryl methyl sites for hydroxylation is 1. The predicted octanol–water partition coefficient (Wildman–Crippen LogP) is 3.15. The first-order valence-electron chi connectivity index (χ1n) is 6.88. The topological polar surface area (TPSA) is 72.8 Å². The molecule has 0 aliphatic rings. The second-order valence-corrected chi connectivity index (χ2v) is 6.71. The minimum absolute atomic E-state index is 0.418. The molecule has 1 N–H and O–H groups in total. The van der Waals surface area contributed by atoms with Crippen molar-refractivity contribution in [2.45, 2.75) is 43.2 Å². The van der Waals surface area contributed by atoms with Gasteiger partial charge in [-0.3, -0.25) is 0 Å². The summed E-state index contributed by atoms with van der Waals surface area (Å²) in [6, 6.07) is 1.94. The number of hydrogen-bond acceptors (Lipinski definition) is 8. The lowest BCUT2D eigenvalue weighted by Gasteiger charge is -2.08. The lowest BCUT2D eigenvalue weighted by molar-refractivity contribution is 0.128. The third-order valence-corrected chi connectivity index (χ3v) is 4.25. The molecule has 0 aliphatic heterocycles. The Morgan fingerprint density at radius 2 is 2.14 bits per heavy atom. The van der Waals surface area contributed by atoms with E-state index in [1.165, 1.54) is 11.8 Å². The molecule has 0 radical (unpaired) electrons. The van der Waals surface area contributed by atoms with E-state index in [0.29, 0.717) is 19.0 Å². The second-order valence-electron chi connectivity index (χ2n) is 4.26. The number of rotatable bonds is 8. The number of anilines is 1. The van der Waals surface area contributed by atoms with Gasteiger partial charge in [-0.1, -0.05) is 18.3 Å². The van der Waals surface area contributed by atoms with Gasteiger partial charge < -0.3 is 10.1 Å². The zero-order chi connectivity index (χ0) is 15.1. The molecule has 0 aromatic carbocycles. The van der Waals surface area contributed by atoms with Crippen molar-refractivity contribution in [1.82, 2.24) is 20.2 Å². The van der Waals surface area contributed by atoms with E-state index in [9.17, 15) is 0 Å². The molecular weight excluding hydrogens is 306 g/mol. The van der Waals surface area contributed by atoms with Crippen molar-refractivity contribution in [1.29, 1.82) is 0 Å². The van der Waals surface area contributed by atoms with Crippen molar-refractivity contribution in [2.24, 2.45) is 0 Å². The van der Waals surface area contributed by atoms with Crippen molar-refractivity contribution >= 4 is 28.9 Å². The van der Waals surface area contributed by atoms with Gasteiger partial charge in [0.05, 0.1) is 0 Å². The van der Waals surface area contributed by atoms with Gasteiger partial charge in [0.25, 0.3) is 0 Å². The summed E-state index contributed by atoms with van der Waals surface area (Å²) >= 11 is 3.06. The molecule has 21 heavy (non-hydrogen) atoms. The lowest BCUT2D eigenvalue weighted by atomic mass is 10.4. The lowest BCUT2D eigenvalue weighted by Crippen LogP contribution is -2.07. The van der Waals surface area contributed by atoms with Gasteiger partial charge in [-0.05, 0) is 32.0 Å². The third-order valence-electron chi connectivity index (χ3n) is 2.44. The highest BCUT2D eigenvalue weighted by molar-refractivity contribution is 8.01. The summed E-state index contributed by atoms with van der Waals surface area (Å²) in [7, 11) is 0. The maximum atomic E-state index is 5.40. The summed E-state index contributed by atoms with van der Waals surface area (Å²) in [6.45, 7) is 7.96. The molecule has 0 saturated carbocycles. The summed E-state index contributed by atoms with van der Waals surface area (Å²) in [5, 5.41) is 13.2. The van der Waals surface area contributed by atoms with Crippen LogP contribution in [-0.2, 0) is 11.3 Å². The first kappa shape index (κ1) is 16.1. The standard InChI is InChI=1S/C13H19N5OS2/c1-4-6-14-10-7-12(16-11(15-10)8-19-5-2)21-13-18-17-9(3)20-13/h7H,4-6,8H2,1-3H3,(H,14,15,16). The van der Waals surface area contributed by atoms with Crippen LogP contribution >= 0.6 is 23.1 Å². The molecule has 0 saturated heterocycles. The number of nitrogens with zero attached hydrogens (tertiary/aromatic N) is 4.